The SMILES string of the molecule is Cc1ccc(CNC(=O)[C@@H]2CCCN(S(=O)(=O)N3CCCCCC3)C2)cc1. The van der Waals surface area contributed by atoms with Crippen LogP contribution in [-0.2, 0) is 21.5 Å². The van der Waals surface area contributed by atoms with Crippen molar-refractivity contribution < 1.29 is 13.2 Å². The lowest BCUT2D eigenvalue weighted by molar-refractivity contribution is -0.126. The third-order valence-corrected chi connectivity index (χ3v) is 7.56. The Hall–Kier alpha value is -1.44. The number of hydrogen-bond donors (Lipinski definition) is 1. The van der Waals surface area contributed by atoms with Crippen molar-refractivity contribution in [1.29, 1.82) is 0 Å². The second kappa shape index (κ2) is 9.17. The first-order chi connectivity index (χ1) is 13.0. The van der Waals surface area contributed by atoms with E-state index < -0.39 is 10.2 Å². The Morgan fingerprint density at radius 1 is 1.00 bits per heavy atom. The summed E-state index contributed by atoms with van der Waals surface area (Å²) < 4.78 is 29.1. The molecule has 0 unspecified atom stereocenters. The molecular weight excluding hydrogens is 362 g/mol. The summed E-state index contributed by atoms with van der Waals surface area (Å²) in [5, 5.41) is 2.98. The molecule has 1 aromatic rings. The second-order valence-corrected chi connectivity index (χ2v) is 9.65. The summed E-state index contributed by atoms with van der Waals surface area (Å²) in [4.78, 5) is 12.6. The van der Waals surface area contributed by atoms with E-state index in [2.05, 4.69) is 5.32 Å². The minimum atomic E-state index is -3.46. The average molecular weight is 394 g/mol. The van der Waals surface area contributed by atoms with Crippen molar-refractivity contribution in [2.24, 2.45) is 5.92 Å². The second-order valence-electron chi connectivity index (χ2n) is 7.72. The van der Waals surface area contributed by atoms with E-state index in [-0.39, 0.29) is 11.8 Å². The van der Waals surface area contributed by atoms with Gasteiger partial charge in [0.2, 0.25) is 5.91 Å². The summed E-state index contributed by atoms with van der Waals surface area (Å²) in [6, 6.07) is 8.06. The van der Waals surface area contributed by atoms with Crippen molar-refractivity contribution in [3.63, 3.8) is 0 Å². The highest BCUT2D eigenvalue weighted by molar-refractivity contribution is 7.86. The number of amides is 1. The van der Waals surface area contributed by atoms with Crippen molar-refractivity contribution in [1.82, 2.24) is 13.9 Å². The van der Waals surface area contributed by atoms with Gasteiger partial charge in [0.25, 0.3) is 10.2 Å². The quantitative estimate of drug-likeness (QED) is 0.835. The van der Waals surface area contributed by atoms with Gasteiger partial charge in [-0.25, -0.2) is 0 Å². The predicted molar refractivity (Wildman–Crippen MR) is 106 cm³/mol. The fraction of sp³-hybridized carbons (Fsp3) is 0.650. The van der Waals surface area contributed by atoms with Crippen molar-refractivity contribution in [2.45, 2.75) is 52.0 Å². The van der Waals surface area contributed by atoms with Gasteiger partial charge in [-0.1, -0.05) is 42.7 Å². The van der Waals surface area contributed by atoms with E-state index in [0.29, 0.717) is 32.7 Å². The van der Waals surface area contributed by atoms with Crippen LogP contribution in [0, 0.1) is 12.8 Å². The first-order valence-corrected chi connectivity index (χ1v) is 11.4. The molecule has 0 aromatic heterocycles. The lowest BCUT2D eigenvalue weighted by atomic mass is 9.98. The van der Waals surface area contributed by atoms with Gasteiger partial charge in [0.05, 0.1) is 5.92 Å². The number of nitrogens with one attached hydrogen (secondary N) is 1. The summed E-state index contributed by atoms with van der Waals surface area (Å²) in [5.41, 5.74) is 2.24. The number of benzene rings is 1. The maximum Gasteiger partial charge on any atom is 0.281 e. The molecule has 2 fully saturated rings. The molecule has 0 spiro atoms. The van der Waals surface area contributed by atoms with Crippen molar-refractivity contribution in [2.75, 3.05) is 26.2 Å². The van der Waals surface area contributed by atoms with Gasteiger partial charge in [-0.2, -0.15) is 17.0 Å². The molecule has 0 aliphatic carbocycles. The average Bonchev–Trinajstić information content (AvgIpc) is 2.97. The van der Waals surface area contributed by atoms with Gasteiger partial charge in [-0.15, -0.1) is 0 Å². The number of piperidine rings is 1. The third kappa shape index (κ3) is 5.30. The summed E-state index contributed by atoms with van der Waals surface area (Å²) >= 11 is 0. The van der Waals surface area contributed by atoms with Crippen molar-refractivity contribution in [3.05, 3.63) is 35.4 Å². The molecule has 27 heavy (non-hydrogen) atoms. The van der Waals surface area contributed by atoms with Crippen LogP contribution in [0.2, 0.25) is 0 Å². The number of rotatable bonds is 5. The fourth-order valence-corrected chi connectivity index (χ4v) is 5.62. The molecule has 2 saturated heterocycles. The topological polar surface area (TPSA) is 69.7 Å². The monoisotopic (exact) mass is 393 g/mol. The molecule has 3 rings (SSSR count). The van der Waals surface area contributed by atoms with Crippen molar-refractivity contribution >= 4 is 16.1 Å². The van der Waals surface area contributed by atoms with Gasteiger partial charge in [0.15, 0.2) is 0 Å². The maximum atomic E-state index is 13.0. The Kier molecular flexibility index (Phi) is 6.89. The van der Waals surface area contributed by atoms with E-state index >= 15 is 0 Å². The van der Waals surface area contributed by atoms with Gasteiger partial charge < -0.3 is 5.32 Å². The number of carbonyl (C=O) groups excluding carboxylic acids is 1. The zero-order valence-corrected chi connectivity index (χ0v) is 17.0. The number of nitrogens with zero attached hydrogens (tertiary/aromatic N) is 2. The maximum absolute atomic E-state index is 13.0. The number of aryl methyl sites for hydroxylation is 1. The lowest BCUT2D eigenvalue weighted by Crippen LogP contribution is -2.50. The number of hydrogen-bond acceptors (Lipinski definition) is 3. The molecule has 1 amide bonds. The van der Waals surface area contributed by atoms with Gasteiger partial charge in [0.1, 0.15) is 0 Å². The van der Waals surface area contributed by atoms with Gasteiger partial charge in [-0.05, 0) is 38.2 Å². The van der Waals surface area contributed by atoms with E-state index in [1.54, 1.807) is 4.31 Å². The largest absolute Gasteiger partial charge is 0.352 e. The molecule has 150 valence electrons. The van der Waals surface area contributed by atoms with Crippen LogP contribution in [0.4, 0.5) is 0 Å². The summed E-state index contributed by atoms with van der Waals surface area (Å²) in [6.07, 6.45) is 5.51. The molecule has 6 nitrogen and oxygen atoms in total. The van der Waals surface area contributed by atoms with Crippen LogP contribution in [0.3, 0.4) is 0 Å². The van der Waals surface area contributed by atoms with Crippen LogP contribution >= 0.6 is 0 Å². The molecule has 2 heterocycles. The number of carbonyl (C=O) groups is 1. The van der Waals surface area contributed by atoms with E-state index in [9.17, 15) is 13.2 Å². The summed E-state index contributed by atoms with van der Waals surface area (Å²) in [7, 11) is -3.46. The van der Waals surface area contributed by atoms with Crippen LogP contribution in [0.25, 0.3) is 0 Å². The van der Waals surface area contributed by atoms with E-state index in [4.69, 9.17) is 0 Å². The molecule has 0 bridgehead atoms. The standard InChI is InChI=1S/C20H31N3O3S/c1-17-8-10-18(11-9-17)15-21-20(24)19-7-6-14-23(16-19)27(25,26)22-12-4-2-3-5-13-22/h8-11,19H,2-7,12-16H2,1H3,(H,21,24)/t19-/m1/s1. The minimum absolute atomic E-state index is 0.0497. The zero-order valence-electron chi connectivity index (χ0n) is 16.2. The Morgan fingerprint density at radius 2 is 1.63 bits per heavy atom. The highest BCUT2D eigenvalue weighted by atomic mass is 32.2. The molecule has 0 saturated carbocycles. The molecular formula is C20H31N3O3S. The third-order valence-electron chi connectivity index (χ3n) is 5.56. The Morgan fingerprint density at radius 3 is 2.30 bits per heavy atom. The van der Waals surface area contributed by atoms with Crippen LogP contribution in [-0.4, -0.2) is 49.1 Å². The summed E-state index contributed by atoms with van der Waals surface area (Å²) in [6.45, 7) is 4.52. The Bertz CT molecular complexity index is 725. The normalized spacial score (nSPS) is 22.9. The molecule has 1 aromatic carbocycles. The highest BCUT2D eigenvalue weighted by Crippen LogP contribution is 2.23. The smallest absolute Gasteiger partial charge is 0.281 e. The van der Waals surface area contributed by atoms with Gasteiger partial charge in [0, 0.05) is 32.7 Å². The predicted octanol–water partition coefficient (Wildman–Crippen LogP) is 2.44. The van der Waals surface area contributed by atoms with E-state index in [0.717, 1.165) is 44.1 Å². The highest BCUT2D eigenvalue weighted by Gasteiger charge is 2.35. The van der Waals surface area contributed by atoms with Crippen molar-refractivity contribution in [3.8, 4) is 0 Å². The Labute approximate surface area is 163 Å². The Balaban J connectivity index is 1.57. The molecule has 1 N–H and O–H groups in total. The van der Waals surface area contributed by atoms with Crippen LogP contribution in [0.5, 0.6) is 0 Å². The summed E-state index contributed by atoms with van der Waals surface area (Å²) in [5.74, 6) is -0.322. The fourth-order valence-electron chi connectivity index (χ4n) is 3.84. The van der Waals surface area contributed by atoms with E-state index in [1.807, 2.05) is 31.2 Å². The minimum Gasteiger partial charge on any atom is -0.352 e. The molecule has 0 radical (unpaired) electrons. The van der Waals surface area contributed by atoms with E-state index in [1.165, 1.54) is 9.87 Å². The molecule has 2 aliphatic heterocycles. The first-order valence-electron chi connectivity index (χ1n) is 10.1. The zero-order chi connectivity index (χ0) is 19.3. The van der Waals surface area contributed by atoms with Gasteiger partial charge >= 0.3 is 0 Å². The van der Waals surface area contributed by atoms with Crippen LogP contribution in [0.15, 0.2) is 24.3 Å². The molecule has 2 aliphatic rings. The van der Waals surface area contributed by atoms with Crippen LogP contribution in [0.1, 0.15) is 49.7 Å². The van der Waals surface area contributed by atoms with Crippen LogP contribution < -0.4 is 5.32 Å². The molecule has 7 heteroatoms. The lowest BCUT2D eigenvalue weighted by Gasteiger charge is -2.34. The first kappa shape index (κ1) is 20.3. The van der Waals surface area contributed by atoms with Gasteiger partial charge in [-0.3, -0.25) is 4.79 Å². The molecule has 1 atom stereocenters.